The first-order valence-electron chi connectivity index (χ1n) is 6.35. The molecule has 0 radical (unpaired) electrons. The van der Waals surface area contributed by atoms with Crippen LogP contribution in [0.3, 0.4) is 0 Å². The average Bonchev–Trinajstić information content (AvgIpc) is 2.37. The summed E-state index contributed by atoms with van der Waals surface area (Å²) >= 11 is 0. The average molecular weight is 277 g/mol. The van der Waals surface area contributed by atoms with Gasteiger partial charge in [-0.3, -0.25) is 10.1 Å². The summed E-state index contributed by atoms with van der Waals surface area (Å²) < 4.78 is 0. The zero-order valence-electron chi connectivity index (χ0n) is 11.9. The molecule has 0 amide bonds. The van der Waals surface area contributed by atoms with Gasteiger partial charge in [-0.1, -0.05) is 20.8 Å². The first kappa shape index (κ1) is 15.9. The minimum atomic E-state index is -0.512. The van der Waals surface area contributed by atoms with E-state index in [1.54, 1.807) is 0 Å². The van der Waals surface area contributed by atoms with Crippen LogP contribution < -0.4 is 5.32 Å². The zero-order valence-corrected chi connectivity index (χ0v) is 11.9. The molecule has 1 rings (SSSR count). The van der Waals surface area contributed by atoms with E-state index in [9.17, 15) is 10.1 Å². The maximum atomic E-state index is 11.1. The molecule has 1 aromatic carbocycles. The number of anilines is 1. The molecular weight excluding hydrogens is 258 g/mol. The highest BCUT2D eigenvalue weighted by molar-refractivity contribution is 5.64. The Morgan fingerprint density at radius 3 is 2.60 bits per heavy atom. The minimum absolute atomic E-state index is 0.000979. The summed E-state index contributed by atoms with van der Waals surface area (Å²) in [5.74, 6) is 0. The van der Waals surface area contributed by atoms with E-state index in [2.05, 4.69) is 5.32 Å². The third-order valence-corrected chi connectivity index (χ3v) is 3.12. The number of nitrogens with one attached hydrogen (secondary N) is 1. The molecule has 6 nitrogen and oxygen atoms in total. The molecule has 0 bridgehead atoms. The van der Waals surface area contributed by atoms with Crippen molar-refractivity contribution in [3.63, 3.8) is 0 Å². The number of hydrogen-bond acceptors (Lipinski definition) is 5. The smallest absolute Gasteiger partial charge is 0.293 e. The number of benzene rings is 1. The highest BCUT2D eigenvalue weighted by atomic mass is 16.6. The van der Waals surface area contributed by atoms with Gasteiger partial charge in [0.15, 0.2) is 0 Å². The lowest BCUT2D eigenvalue weighted by Crippen LogP contribution is -2.35. The van der Waals surface area contributed by atoms with E-state index in [1.807, 2.05) is 26.8 Å². The standard InChI is InChI=1S/C14H19N3O3/c1-14(2,3)13(6-7-18)16-11-5-4-10(9-15)8-12(11)17(19)20/h4-5,8,13,16,18H,6-7H2,1-3H3. The number of nitrogens with zero attached hydrogens (tertiary/aromatic N) is 2. The van der Waals surface area contributed by atoms with Gasteiger partial charge in [0.2, 0.25) is 0 Å². The number of rotatable bonds is 5. The van der Waals surface area contributed by atoms with E-state index in [0.717, 1.165) is 0 Å². The van der Waals surface area contributed by atoms with Gasteiger partial charge >= 0.3 is 0 Å². The van der Waals surface area contributed by atoms with E-state index in [0.29, 0.717) is 12.1 Å². The van der Waals surface area contributed by atoms with E-state index in [1.165, 1.54) is 18.2 Å². The molecule has 0 heterocycles. The fraction of sp³-hybridized carbons (Fsp3) is 0.500. The van der Waals surface area contributed by atoms with Gasteiger partial charge in [-0.2, -0.15) is 5.26 Å². The van der Waals surface area contributed by atoms with Crippen LogP contribution >= 0.6 is 0 Å². The second-order valence-electron chi connectivity index (χ2n) is 5.68. The SMILES string of the molecule is CC(C)(C)C(CCO)Nc1ccc(C#N)cc1[N+](=O)[O-]. The summed E-state index contributed by atoms with van der Waals surface area (Å²) in [6.45, 7) is 5.99. The molecule has 0 saturated heterocycles. The Labute approximate surface area is 118 Å². The van der Waals surface area contributed by atoms with Crippen LogP contribution in [0.15, 0.2) is 18.2 Å². The number of aliphatic hydroxyl groups excluding tert-OH is 1. The molecule has 6 heteroatoms. The number of aliphatic hydroxyl groups is 1. The summed E-state index contributed by atoms with van der Waals surface area (Å²) in [5.41, 5.74) is 0.320. The van der Waals surface area contributed by atoms with Crippen molar-refractivity contribution < 1.29 is 10.0 Å². The summed E-state index contributed by atoms with van der Waals surface area (Å²) in [5, 5.41) is 32.1. The number of nitriles is 1. The van der Waals surface area contributed by atoms with E-state index in [4.69, 9.17) is 10.4 Å². The van der Waals surface area contributed by atoms with Crippen LogP contribution in [-0.2, 0) is 0 Å². The lowest BCUT2D eigenvalue weighted by molar-refractivity contribution is -0.384. The van der Waals surface area contributed by atoms with Crippen LogP contribution in [0.1, 0.15) is 32.8 Å². The lowest BCUT2D eigenvalue weighted by Gasteiger charge is -2.31. The fourth-order valence-electron chi connectivity index (χ4n) is 1.91. The third-order valence-electron chi connectivity index (χ3n) is 3.12. The summed E-state index contributed by atoms with van der Waals surface area (Å²) in [7, 11) is 0. The molecule has 20 heavy (non-hydrogen) atoms. The molecule has 1 aromatic rings. The van der Waals surface area contributed by atoms with E-state index < -0.39 is 4.92 Å². The van der Waals surface area contributed by atoms with Gasteiger partial charge in [-0.25, -0.2) is 0 Å². The fourth-order valence-corrected chi connectivity index (χ4v) is 1.91. The van der Waals surface area contributed by atoms with Gasteiger partial charge in [0.25, 0.3) is 5.69 Å². The Hall–Kier alpha value is -2.13. The first-order chi connectivity index (χ1) is 9.29. The Morgan fingerprint density at radius 2 is 2.15 bits per heavy atom. The molecular formula is C14H19N3O3. The monoisotopic (exact) mass is 277 g/mol. The van der Waals surface area contributed by atoms with Crippen molar-refractivity contribution in [2.45, 2.75) is 33.2 Å². The summed E-state index contributed by atoms with van der Waals surface area (Å²) in [6.07, 6.45) is 0.487. The molecule has 1 atom stereocenters. The van der Waals surface area contributed by atoms with Crippen molar-refractivity contribution in [1.29, 1.82) is 5.26 Å². The summed E-state index contributed by atoms with van der Waals surface area (Å²) in [6, 6.07) is 6.10. The van der Waals surface area contributed by atoms with Crippen LogP contribution in [0.2, 0.25) is 0 Å². The largest absolute Gasteiger partial charge is 0.396 e. The van der Waals surface area contributed by atoms with Crippen LogP contribution in [-0.4, -0.2) is 22.7 Å². The highest BCUT2D eigenvalue weighted by Gasteiger charge is 2.26. The molecule has 0 aliphatic heterocycles. The second-order valence-corrected chi connectivity index (χ2v) is 5.68. The van der Waals surface area contributed by atoms with Gasteiger partial charge < -0.3 is 10.4 Å². The third kappa shape index (κ3) is 3.93. The predicted molar refractivity (Wildman–Crippen MR) is 76.4 cm³/mol. The molecule has 108 valence electrons. The Balaban J connectivity index is 3.13. The summed E-state index contributed by atoms with van der Waals surface area (Å²) in [4.78, 5) is 10.6. The second kappa shape index (κ2) is 6.35. The molecule has 0 fully saturated rings. The predicted octanol–water partition coefficient (Wildman–Crippen LogP) is 2.68. The maximum Gasteiger partial charge on any atom is 0.293 e. The van der Waals surface area contributed by atoms with Gasteiger partial charge in [0.05, 0.1) is 16.6 Å². The molecule has 1 unspecified atom stereocenters. The van der Waals surface area contributed by atoms with Gasteiger partial charge in [0.1, 0.15) is 5.69 Å². The first-order valence-corrected chi connectivity index (χ1v) is 6.35. The van der Waals surface area contributed by atoms with Crippen molar-refractivity contribution in [3.05, 3.63) is 33.9 Å². The molecule has 0 aliphatic carbocycles. The van der Waals surface area contributed by atoms with Crippen LogP contribution in [0.25, 0.3) is 0 Å². The van der Waals surface area contributed by atoms with E-state index in [-0.39, 0.29) is 29.3 Å². The Bertz CT molecular complexity index is 529. The molecule has 0 aliphatic rings. The normalized spacial score (nSPS) is 12.6. The number of nitro groups is 1. The van der Waals surface area contributed by atoms with Crippen molar-refractivity contribution in [3.8, 4) is 6.07 Å². The van der Waals surface area contributed by atoms with Gasteiger partial charge in [-0.05, 0) is 24.0 Å². The topological polar surface area (TPSA) is 99.2 Å². The molecule has 0 aromatic heterocycles. The van der Waals surface area contributed by atoms with Crippen LogP contribution in [0.4, 0.5) is 11.4 Å². The number of hydrogen-bond donors (Lipinski definition) is 2. The van der Waals surface area contributed by atoms with Crippen molar-refractivity contribution in [2.24, 2.45) is 5.41 Å². The lowest BCUT2D eigenvalue weighted by atomic mass is 9.84. The van der Waals surface area contributed by atoms with Crippen molar-refractivity contribution in [2.75, 3.05) is 11.9 Å². The van der Waals surface area contributed by atoms with E-state index >= 15 is 0 Å². The molecule has 0 saturated carbocycles. The maximum absolute atomic E-state index is 11.1. The van der Waals surface area contributed by atoms with Crippen LogP contribution in [0.5, 0.6) is 0 Å². The molecule has 0 spiro atoms. The zero-order chi connectivity index (χ0) is 15.3. The van der Waals surface area contributed by atoms with Gasteiger partial charge in [-0.15, -0.1) is 0 Å². The van der Waals surface area contributed by atoms with Crippen molar-refractivity contribution >= 4 is 11.4 Å². The minimum Gasteiger partial charge on any atom is -0.396 e. The Morgan fingerprint density at radius 1 is 1.50 bits per heavy atom. The highest BCUT2D eigenvalue weighted by Crippen LogP contribution is 2.31. The Kier molecular flexibility index (Phi) is 5.06. The van der Waals surface area contributed by atoms with Crippen LogP contribution in [0, 0.1) is 26.9 Å². The molecule has 2 N–H and O–H groups in total. The van der Waals surface area contributed by atoms with Crippen molar-refractivity contribution in [1.82, 2.24) is 0 Å². The number of nitro benzene ring substituents is 1. The van der Waals surface area contributed by atoms with Gasteiger partial charge in [0, 0.05) is 18.7 Å². The quantitative estimate of drug-likeness (QED) is 0.636.